The van der Waals surface area contributed by atoms with Gasteiger partial charge in [0.05, 0.1) is 17.2 Å². The van der Waals surface area contributed by atoms with Crippen molar-refractivity contribution in [3.05, 3.63) is 52.8 Å². The Bertz CT molecular complexity index is 828. The number of aliphatic carboxylic acids is 1. The Morgan fingerprint density at radius 1 is 1.42 bits per heavy atom. The topological polar surface area (TPSA) is 93.0 Å². The van der Waals surface area contributed by atoms with Crippen LogP contribution in [0.5, 0.6) is 0 Å². The lowest BCUT2D eigenvalue weighted by molar-refractivity contribution is -0.143. The van der Waals surface area contributed by atoms with Gasteiger partial charge in [0.25, 0.3) is 0 Å². The van der Waals surface area contributed by atoms with E-state index in [2.05, 4.69) is 16.3 Å². The molecule has 0 bridgehead atoms. The lowest BCUT2D eigenvalue weighted by Gasteiger charge is -2.25. The summed E-state index contributed by atoms with van der Waals surface area (Å²) in [7, 11) is 1.80. The number of nitriles is 1. The van der Waals surface area contributed by atoms with Crippen molar-refractivity contribution in [2.75, 3.05) is 7.05 Å². The largest absolute Gasteiger partial charge is 0.480 e. The van der Waals surface area contributed by atoms with Crippen LogP contribution in [0, 0.1) is 11.3 Å². The highest BCUT2D eigenvalue weighted by Crippen LogP contribution is 2.39. The van der Waals surface area contributed by atoms with E-state index in [9.17, 15) is 15.2 Å². The number of rotatable bonds is 7. The molecule has 1 aromatic carbocycles. The molecular weight excluding hydrogens is 328 g/mol. The van der Waals surface area contributed by atoms with Gasteiger partial charge in [0, 0.05) is 18.2 Å². The Kier molecular flexibility index (Phi) is 4.84. The molecule has 2 aromatic rings. The normalized spacial score (nSPS) is 15.7. The number of nitrogens with one attached hydrogen (secondary N) is 1. The van der Waals surface area contributed by atoms with Crippen molar-refractivity contribution in [1.82, 2.24) is 15.1 Å². The Morgan fingerprint density at radius 3 is 2.62 bits per heavy atom. The quantitative estimate of drug-likeness (QED) is 0.797. The summed E-state index contributed by atoms with van der Waals surface area (Å²) < 4.78 is 0. The molecule has 6 heteroatoms. The fourth-order valence-electron chi connectivity index (χ4n) is 3.14. The second-order valence-corrected chi connectivity index (χ2v) is 7.61. The predicted octanol–water partition coefficient (Wildman–Crippen LogP) is 3.35. The van der Waals surface area contributed by atoms with E-state index in [1.165, 1.54) is 12.8 Å². The zero-order chi connectivity index (χ0) is 18.9. The molecule has 0 aliphatic heterocycles. The summed E-state index contributed by atoms with van der Waals surface area (Å²) in [5.41, 5.74) is 2.96. The maximum absolute atomic E-state index is 11.9. The molecule has 2 N–H and O–H groups in total. The maximum Gasteiger partial charge on any atom is 0.325 e. The lowest BCUT2D eigenvalue weighted by atomic mass is 9.85. The second-order valence-electron chi connectivity index (χ2n) is 7.61. The Balaban J connectivity index is 1.77. The number of aromatic amines is 1. The van der Waals surface area contributed by atoms with Gasteiger partial charge in [0.1, 0.15) is 6.04 Å². The van der Waals surface area contributed by atoms with E-state index in [4.69, 9.17) is 0 Å². The molecule has 0 amide bonds. The summed E-state index contributed by atoms with van der Waals surface area (Å²) >= 11 is 0. The first-order chi connectivity index (χ1) is 12.3. The fraction of sp³-hybridized carbons (Fsp3) is 0.450. The summed E-state index contributed by atoms with van der Waals surface area (Å²) in [6.07, 6.45) is 2.37. The van der Waals surface area contributed by atoms with Crippen molar-refractivity contribution in [2.24, 2.45) is 0 Å². The van der Waals surface area contributed by atoms with Gasteiger partial charge in [-0.05, 0) is 50.9 Å². The van der Waals surface area contributed by atoms with Gasteiger partial charge in [-0.2, -0.15) is 10.4 Å². The molecule has 1 saturated carbocycles. The van der Waals surface area contributed by atoms with Gasteiger partial charge < -0.3 is 5.11 Å². The number of hydrogen-bond acceptors (Lipinski definition) is 4. The molecule has 6 nitrogen and oxygen atoms in total. The Labute approximate surface area is 153 Å². The summed E-state index contributed by atoms with van der Waals surface area (Å²) in [6, 6.07) is 10.8. The van der Waals surface area contributed by atoms with Gasteiger partial charge in [-0.15, -0.1) is 0 Å². The lowest BCUT2D eigenvalue weighted by Crippen LogP contribution is -2.30. The minimum Gasteiger partial charge on any atom is -0.480 e. The number of carboxylic acids is 1. The van der Waals surface area contributed by atoms with E-state index in [-0.39, 0.29) is 0 Å². The molecule has 1 unspecified atom stereocenters. The summed E-state index contributed by atoms with van der Waals surface area (Å²) in [4.78, 5) is 13.7. The number of hydrogen-bond donors (Lipinski definition) is 2. The fourth-order valence-corrected chi connectivity index (χ4v) is 3.14. The molecule has 0 spiro atoms. The van der Waals surface area contributed by atoms with Crippen molar-refractivity contribution in [3.8, 4) is 6.07 Å². The van der Waals surface area contributed by atoms with Crippen molar-refractivity contribution in [2.45, 2.75) is 50.6 Å². The van der Waals surface area contributed by atoms with E-state index in [0.29, 0.717) is 18.0 Å². The SMILES string of the molecule is CN(Cc1cc(C2CC2)n[nH]1)C(C(=O)O)c1ccc(C(C)(C)C#N)cc1. The van der Waals surface area contributed by atoms with E-state index >= 15 is 0 Å². The third-order valence-electron chi connectivity index (χ3n) is 4.97. The van der Waals surface area contributed by atoms with Crippen LogP contribution in [0.3, 0.4) is 0 Å². The summed E-state index contributed by atoms with van der Waals surface area (Å²) in [5, 5.41) is 26.3. The number of H-pyrrole nitrogens is 1. The molecule has 1 aromatic heterocycles. The van der Waals surface area contributed by atoms with Crippen molar-refractivity contribution in [3.63, 3.8) is 0 Å². The average Bonchev–Trinajstić information content (AvgIpc) is 3.35. The standard InChI is InChI=1S/C20H24N4O2/c1-20(2,12-21)15-8-6-14(7-9-15)18(19(25)26)24(3)11-16-10-17(23-22-16)13-4-5-13/h6-10,13,18H,4-5,11H2,1-3H3,(H,22,23)(H,25,26). The molecule has 1 fully saturated rings. The highest BCUT2D eigenvalue weighted by Gasteiger charge is 2.28. The van der Waals surface area contributed by atoms with E-state index in [0.717, 1.165) is 17.0 Å². The van der Waals surface area contributed by atoms with Crippen LogP contribution < -0.4 is 0 Å². The van der Waals surface area contributed by atoms with Crippen LogP contribution in [0.15, 0.2) is 30.3 Å². The smallest absolute Gasteiger partial charge is 0.325 e. The summed E-state index contributed by atoms with van der Waals surface area (Å²) in [5.74, 6) is -0.335. The van der Waals surface area contributed by atoms with Crippen molar-refractivity contribution >= 4 is 5.97 Å². The molecule has 3 rings (SSSR count). The highest BCUT2D eigenvalue weighted by atomic mass is 16.4. The van der Waals surface area contributed by atoms with Crippen LogP contribution in [0.25, 0.3) is 0 Å². The third-order valence-corrected chi connectivity index (χ3v) is 4.97. The first-order valence-electron chi connectivity index (χ1n) is 8.80. The maximum atomic E-state index is 11.9. The first-order valence-corrected chi connectivity index (χ1v) is 8.80. The third kappa shape index (κ3) is 3.78. The van der Waals surface area contributed by atoms with Crippen LogP contribution in [0.1, 0.15) is 61.2 Å². The minimum atomic E-state index is -0.901. The van der Waals surface area contributed by atoms with Crippen LogP contribution in [-0.2, 0) is 16.8 Å². The molecule has 1 aliphatic rings. The molecule has 136 valence electrons. The van der Waals surface area contributed by atoms with Gasteiger partial charge in [-0.1, -0.05) is 24.3 Å². The van der Waals surface area contributed by atoms with Crippen molar-refractivity contribution in [1.29, 1.82) is 5.26 Å². The Hall–Kier alpha value is -2.65. The highest BCUT2D eigenvalue weighted by molar-refractivity contribution is 5.75. The van der Waals surface area contributed by atoms with Crippen LogP contribution >= 0.6 is 0 Å². The molecule has 0 radical (unpaired) electrons. The number of aromatic nitrogens is 2. The number of nitrogens with zero attached hydrogens (tertiary/aromatic N) is 3. The first kappa shape index (κ1) is 18.2. The van der Waals surface area contributed by atoms with Gasteiger partial charge in [0.2, 0.25) is 0 Å². The van der Waals surface area contributed by atoms with E-state index in [1.54, 1.807) is 24.1 Å². The van der Waals surface area contributed by atoms with Crippen molar-refractivity contribution < 1.29 is 9.90 Å². The Morgan fingerprint density at radius 2 is 2.08 bits per heavy atom. The number of carbonyl (C=O) groups is 1. The number of likely N-dealkylation sites (N-methyl/N-ethyl adjacent to an activating group) is 1. The summed E-state index contributed by atoms with van der Waals surface area (Å²) in [6.45, 7) is 4.17. The average molecular weight is 352 g/mol. The molecule has 26 heavy (non-hydrogen) atoms. The van der Waals surface area contributed by atoms with Gasteiger partial charge in [-0.25, -0.2) is 0 Å². The van der Waals surface area contributed by atoms with Crippen LogP contribution in [0.2, 0.25) is 0 Å². The van der Waals surface area contributed by atoms with Gasteiger partial charge in [-0.3, -0.25) is 14.8 Å². The van der Waals surface area contributed by atoms with Gasteiger partial charge >= 0.3 is 5.97 Å². The van der Waals surface area contributed by atoms with E-state index in [1.807, 2.05) is 32.0 Å². The number of benzene rings is 1. The second kappa shape index (κ2) is 6.93. The molecular formula is C20H24N4O2. The van der Waals surface area contributed by atoms with Crippen LogP contribution in [0.4, 0.5) is 0 Å². The number of carboxylic acid groups (broad SMARTS) is 1. The van der Waals surface area contributed by atoms with E-state index < -0.39 is 17.4 Å². The monoisotopic (exact) mass is 352 g/mol. The van der Waals surface area contributed by atoms with Gasteiger partial charge in [0.15, 0.2) is 0 Å². The zero-order valence-electron chi connectivity index (χ0n) is 15.4. The molecule has 1 aliphatic carbocycles. The predicted molar refractivity (Wildman–Crippen MR) is 97.5 cm³/mol. The molecule has 1 atom stereocenters. The minimum absolute atomic E-state index is 0.474. The molecule has 0 saturated heterocycles. The molecule has 1 heterocycles. The van der Waals surface area contributed by atoms with Crippen LogP contribution in [-0.4, -0.2) is 33.2 Å². The zero-order valence-corrected chi connectivity index (χ0v) is 15.4.